The number of rotatable bonds is 7. The molecular weight excluding hydrogens is 425 g/mol. The van der Waals surface area contributed by atoms with Gasteiger partial charge in [-0.05, 0) is 41.3 Å². The summed E-state index contributed by atoms with van der Waals surface area (Å²) >= 11 is 0. The number of fused-ring (bicyclic) bond motifs is 1. The van der Waals surface area contributed by atoms with Crippen molar-refractivity contribution in [2.45, 2.75) is 20.0 Å². The van der Waals surface area contributed by atoms with Gasteiger partial charge in [-0.2, -0.15) is 0 Å². The van der Waals surface area contributed by atoms with Crippen LogP contribution in [0.15, 0.2) is 66.9 Å². The van der Waals surface area contributed by atoms with Crippen LogP contribution in [-0.2, 0) is 17.8 Å². The first-order valence-corrected chi connectivity index (χ1v) is 10.2. The fraction of sp³-hybridized carbons (Fsp3) is 0.120. The number of aromatic carboxylic acids is 1. The number of carbonyl (C=O) groups is 2. The number of nitrogens with zero attached hydrogens (tertiary/aromatic N) is 2. The van der Waals surface area contributed by atoms with Gasteiger partial charge in [0.1, 0.15) is 23.8 Å². The smallest absolute Gasteiger partial charge is 0.358 e. The minimum absolute atomic E-state index is 0.0174. The summed E-state index contributed by atoms with van der Waals surface area (Å²) in [6.07, 6.45) is 2.06. The van der Waals surface area contributed by atoms with E-state index < -0.39 is 11.9 Å². The van der Waals surface area contributed by atoms with Gasteiger partial charge in [0.05, 0.1) is 0 Å². The van der Waals surface area contributed by atoms with E-state index in [4.69, 9.17) is 4.74 Å². The first-order valence-electron chi connectivity index (χ1n) is 10.2. The molecule has 2 aromatic carbocycles. The maximum Gasteiger partial charge on any atom is 0.358 e. The van der Waals surface area contributed by atoms with Crippen molar-refractivity contribution in [3.63, 3.8) is 0 Å². The SMILES string of the molecule is CC(=O)Nc1nc(C(=O)O)c(OCc2ccccc2)c2ncc(Cc3ccc(F)cc3)cc12. The molecule has 0 bridgehead atoms. The number of carbonyl (C=O) groups excluding carboxylic acids is 1. The van der Waals surface area contributed by atoms with Gasteiger partial charge in [0.15, 0.2) is 11.4 Å². The van der Waals surface area contributed by atoms with E-state index in [1.54, 1.807) is 24.4 Å². The Morgan fingerprint density at radius 3 is 2.42 bits per heavy atom. The number of carboxylic acids is 1. The zero-order valence-electron chi connectivity index (χ0n) is 17.7. The lowest BCUT2D eigenvalue weighted by Crippen LogP contribution is -2.13. The maximum atomic E-state index is 13.2. The Hall–Kier alpha value is -4.33. The molecule has 8 heteroatoms. The van der Waals surface area contributed by atoms with Crippen LogP contribution in [0, 0.1) is 5.82 Å². The quantitative estimate of drug-likeness (QED) is 0.431. The molecule has 166 valence electrons. The second-order valence-corrected chi connectivity index (χ2v) is 7.44. The third kappa shape index (κ3) is 5.12. The lowest BCUT2D eigenvalue weighted by molar-refractivity contribution is -0.114. The molecule has 0 aliphatic heterocycles. The van der Waals surface area contributed by atoms with E-state index in [9.17, 15) is 19.1 Å². The van der Waals surface area contributed by atoms with Gasteiger partial charge in [-0.15, -0.1) is 0 Å². The molecule has 0 saturated heterocycles. The standard InChI is InChI=1S/C25H20FN3O4/c1-15(30)28-24-20-12-18(11-16-7-9-19(26)10-8-16)13-27-21(20)23(22(29-24)25(31)32)33-14-17-5-3-2-4-6-17/h2-10,12-13H,11,14H2,1H3,(H,31,32)(H,28,29,30). The molecule has 2 N–H and O–H groups in total. The molecule has 2 heterocycles. The summed E-state index contributed by atoms with van der Waals surface area (Å²) in [5, 5.41) is 12.8. The summed E-state index contributed by atoms with van der Waals surface area (Å²) in [6.45, 7) is 1.43. The van der Waals surface area contributed by atoms with Crippen molar-refractivity contribution in [1.82, 2.24) is 9.97 Å². The predicted octanol–water partition coefficient (Wildman–Crippen LogP) is 4.60. The number of nitrogens with one attached hydrogen (secondary N) is 1. The molecule has 2 aromatic heterocycles. The number of ether oxygens (including phenoxy) is 1. The molecule has 0 radical (unpaired) electrons. The fourth-order valence-corrected chi connectivity index (χ4v) is 3.41. The molecule has 4 aromatic rings. The zero-order valence-corrected chi connectivity index (χ0v) is 17.7. The summed E-state index contributed by atoms with van der Waals surface area (Å²) in [4.78, 5) is 32.3. The van der Waals surface area contributed by atoms with E-state index in [-0.39, 0.29) is 35.2 Å². The number of benzene rings is 2. The van der Waals surface area contributed by atoms with E-state index in [2.05, 4.69) is 15.3 Å². The Labute approximate surface area is 188 Å². The van der Waals surface area contributed by atoms with Gasteiger partial charge in [-0.1, -0.05) is 42.5 Å². The molecular formula is C25H20FN3O4. The minimum atomic E-state index is -1.30. The first-order chi connectivity index (χ1) is 15.9. The van der Waals surface area contributed by atoms with Gasteiger partial charge in [-0.25, -0.2) is 14.2 Å². The Balaban J connectivity index is 1.80. The number of anilines is 1. The lowest BCUT2D eigenvalue weighted by atomic mass is 10.0. The average Bonchev–Trinajstić information content (AvgIpc) is 2.80. The summed E-state index contributed by atoms with van der Waals surface area (Å²) in [5.41, 5.74) is 2.42. The Morgan fingerprint density at radius 2 is 1.76 bits per heavy atom. The van der Waals surface area contributed by atoms with Crippen LogP contribution < -0.4 is 10.1 Å². The Kier molecular flexibility index (Phi) is 6.26. The van der Waals surface area contributed by atoms with Gasteiger partial charge in [0, 0.05) is 18.5 Å². The predicted molar refractivity (Wildman–Crippen MR) is 121 cm³/mol. The van der Waals surface area contributed by atoms with E-state index in [0.29, 0.717) is 11.8 Å². The van der Waals surface area contributed by atoms with Crippen molar-refractivity contribution in [2.24, 2.45) is 0 Å². The number of hydrogen-bond donors (Lipinski definition) is 2. The van der Waals surface area contributed by atoms with Crippen molar-refractivity contribution in [3.05, 3.63) is 95.1 Å². The number of hydrogen-bond acceptors (Lipinski definition) is 5. The van der Waals surface area contributed by atoms with Crippen LogP contribution in [-0.4, -0.2) is 27.0 Å². The fourth-order valence-electron chi connectivity index (χ4n) is 3.41. The van der Waals surface area contributed by atoms with E-state index in [1.165, 1.54) is 19.1 Å². The van der Waals surface area contributed by atoms with Crippen LogP contribution in [0.1, 0.15) is 34.1 Å². The summed E-state index contributed by atoms with van der Waals surface area (Å²) < 4.78 is 19.1. The van der Waals surface area contributed by atoms with Gasteiger partial charge in [0.2, 0.25) is 5.91 Å². The molecule has 0 unspecified atom stereocenters. The molecule has 33 heavy (non-hydrogen) atoms. The minimum Gasteiger partial charge on any atom is -0.484 e. The summed E-state index contributed by atoms with van der Waals surface area (Å²) in [5.74, 6) is -1.93. The van der Waals surface area contributed by atoms with Gasteiger partial charge >= 0.3 is 5.97 Å². The molecule has 0 saturated carbocycles. The molecule has 0 fully saturated rings. The highest BCUT2D eigenvalue weighted by Crippen LogP contribution is 2.33. The molecule has 0 aliphatic carbocycles. The van der Waals surface area contributed by atoms with E-state index in [1.807, 2.05) is 30.3 Å². The van der Waals surface area contributed by atoms with Crippen LogP contribution in [0.5, 0.6) is 5.75 Å². The van der Waals surface area contributed by atoms with Crippen molar-refractivity contribution < 1.29 is 23.8 Å². The highest BCUT2D eigenvalue weighted by Gasteiger charge is 2.22. The van der Waals surface area contributed by atoms with Gasteiger partial charge < -0.3 is 15.2 Å². The maximum absolute atomic E-state index is 13.2. The van der Waals surface area contributed by atoms with Gasteiger partial charge in [-0.3, -0.25) is 9.78 Å². The summed E-state index contributed by atoms with van der Waals surface area (Å²) in [6, 6.07) is 17.2. The zero-order chi connectivity index (χ0) is 23.4. The van der Waals surface area contributed by atoms with Crippen LogP contribution in [0.2, 0.25) is 0 Å². The van der Waals surface area contributed by atoms with Crippen molar-refractivity contribution in [2.75, 3.05) is 5.32 Å². The number of amides is 1. The molecule has 0 atom stereocenters. The first kappa shape index (κ1) is 21.9. The monoisotopic (exact) mass is 445 g/mol. The highest BCUT2D eigenvalue weighted by molar-refractivity contribution is 6.05. The molecule has 0 spiro atoms. The number of carboxylic acid groups (broad SMARTS) is 1. The number of halogens is 1. The third-order valence-electron chi connectivity index (χ3n) is 4.90. The Bertz CT molecular complexity index is 1330. The molecule has 4 rings (SSSR count). The topological polar surface area (TPSA) is 101 Å². The van der Waals surface area contributed by atoms with Gasteiger partial charge in [0.25, 0.3) is 0 Å². The van der Waals surface area contributed by atoms with Crippen molar-refractivity contribution >= 4 is 28.6 Å². The van der Waals surface area contributed by atoms with Crippen LogP contribution in [0.3, 0.4) is 0 Å². The molecule has 1 amide bonds. The van der Waals surface area contributed by atoms with Crippen LogP contribution in [0.25, 0.3) is 10.9 Å². The number of aromatic nitrogens is 2. The van der Waals surface area contributed by atoms with Crippen LogP contribution >= 0.6 is 0 Å². The van der Waals surface area contributed by atoms with Crippen molar-refractivity contribution in [1.29, 1.82) is 0 Å². The van der Waals surface area contributed by atoms with Crippen molar-refractivity contribution in [3.8, 4) is 5.75 Å². The molecule has 7 nitrogen and oxygen atoms in total. The third-order valence-corrected chi connectivity index (χ3v) is 4.90. The molecule has 0 aliphatic rings. The largest absolute Gasteiger partial charge is 0.484 e. The second-order valence-electron chi connectivity index (χ2n) is 7.44. The normalized spacial score (nSPS) is 10.7. The average molecular weight is 445 g/mol. The second kappa shape index (κ2) is 9.44. The summed E-state index contributed by atoms with van der Waals surface area (Å²) in [7, 11) is 0. The number of pyridine rings is 2. The Morgan fingerprint density at radius 1 is 1.03 bits per heavy atom. The highest BCUT2D eigenvalue weighted by atomic mass is 19.1. The lowest BCUT2D eigenvalue weighted by Gasteiger charge is -2.15. The van der Waals surface area contributed by atoms with E-state index in [0.717, 1.165) is 16.7 Å². The van der Waals surface area contributed by atoms with Crippen LogP contribution in [0.4, 0.5) is 10.2 Å². The van der Waals surface area contributed by atoms with E-state index >= 15 is 0 Å².